The van der Waals surface area contributed by atoms with Crippen LogP contribution in [0.2, 0.25) is 0 Å². The minimum Gasteiger partial charge on any atom is -0.497 e. The van der Waals surface area contributed by atoms with E-state index in [1.54, 1.807) is 38.3 Å². The summed E-state index contributed by atoms with van der Waals surface area (Å²) < 4.78 is 30.5. The number of nitrogens with zero attached hydrogens (tertiary/aromatic N) is 2. The van der Waals surface area contributed by atoms with Gasteiger partial charge >= 0.3 is 5.97 Å². The Labute approximate surface area is 159 Å². The zero-order chi connectivity index (χ0) is 20.0. The Hall–Kier alpha value is -2.13. The molecule has 27 heavy (non-hydrogen) atoms. The van der Waals surface area contributed by atoms with E-state index in [9.17, 15) is 23.1 Å². The van der Waals surface area contributed by atoms with E-state index in [1.807, 2.05) is 0 Å². The number of piperidine rings is 1. The van der Waals surface area contributed by atoms with Crippen LogP contribution in [0.15, 0.2) is 24.3 Å². The first-order valence-corrected chi connectivity index (χ1v) is 10.5. The first kappa shape index (κ1) is 21.2. The number of carbonyl (C=O) groups is 2. The Bertz CT molecular complexity index is 755. The van der Waals surface area contributed by atoms with E-state index in [2.05, 4.69) is 0 Å². The van der Waals surface area contributed by atoms with Crippen LogP contribution < -0.4 is 4.74 Å². The highest BCUT2D eigenvalue weighted by Crippen LogP contribution is 2.21. The van der Waals surface area contributed by atoms with Crippen molar-refractivity contribution in [3.05, 3.63) is 29.8 Å². The van der Waals surface area contributed by atoms with Gasteiger partial charge in [0.1, 0.15) is 12.3 Å². The Morgan fingerprint density at radius 2 is 1.81 bits per heavy atom. The van der Waals surface area contributed by atoms with E-state index < -0.39 is 16.0 Å². The summed E-state index contributed by atoms with van der Waals surface area (Å²) in [7, 11) is -1.71. The maximum Gasteiger partial charge on any atom is 0.323 e. The monoisotopic (exact) mass is 398 g/mol. The molecular weight excluding hydrogens is 372 g/mol. The van der Waals surface area contributed by atoms with E-state index in [1.165, 1.54) is 9.21 Å². The van der Waals surface area contributed by atoms with Gasteiger partial charge in [0, 0.05) is 19.1 Å². The molecule has 1 saturated heterocycles. The molecule has 8 nitrogen and oxygen atoms in total. The van der Waals surface area contributed by atoms with E-state index in [0.717, 1.165) is 5.56 Å². The predicted molar refractivity (Wildman–Crippen MR) is 100 cm³/mol. The van der Waals surface area contributed by atoms with Gasteiger partial charge in [0.2, 0.25) is 15.9 Å². The Morgan fingerprint density at radius 1 is 1.22 bits per heavy atom. The highest BCUT2D eigenvalue weighted by molar-refractivity contribution is 7.89. The van der Waals surface area contributed by atoms with Gasteiger partial charge in [0.25, 0.3) is 0 Å². The molecule has 9 heteroatoms. The van der Waals surface area contributed by atoms with Crippen molar-refractivity contribution in [2.75, 3.05) is 32.5 Å². The number of carboxylic acid groups (broad SMARTS) is 1. The molecule has 1 N–H and O–H groups in total. The highest BCUT2D eigenvalue weighted by atomic mass is 32.2. The van der Waals surface area contributed by atoms with Gasteiger partial charge in [-0.15, -0.1) is 0 Å². The lowest BCUT2D eigenvalue weighted by atomic mass is 10.0. The number of ether oxygens (including phenoxy) is 1. The number of benzene rings is 1. The van der Waals surface area contributed by atoms with Crippen LogP contribution >= 0.6 is 0 Å². The van der Waals surface area contributed by atoms with E-state index in [4.69, 9.17) is 4.74 Å². The molecule has 0 aromatic heterocycles. The molecule has 0 spiro atoms. The molecule has 150 valence electrons. The van der Waals surface area contributed by atoms with Crippen LogP contribution in [0.25, 0.3) is 0 Å². The van der Waals surface area contributed by atoms with Crippen LogP contribution in [0, 0.1) is 0 Å². The lowest BCUT2D eigenvalue weighted by Crippen LogP contribution is -2.50. The van der Waals surface area contributed by atoms with Crippen molar-refractivity contribution in [2.45, 2.75) is 32.2 Å². The first-order valence-electron chi connectivity index (χ1n) is 8.88. The molecule has 1 aliphatic rings. The second-order valence-corrected chi connectivity index (χ2v) is 8.73. The van der Waals surface area contributed by atoms with E-state index in [-0.39, 0.29) is 30.7 Å². The number of hydrogen-bond acceptors (Lipinski definition) is 5. The zero-order valence-corrected chi connectivity index (χ0v) is 16.4. The van der Waals surface area contributed by atoms with Gasteiger partial charge in [-0.25, -0.2) is 12.7 Å². The summed E-state index contributed by atoms with van der Waals surface area (Å²) in [5, 5.41) is 9.20. The summed E-state index contributed by atoms with van der Waals surface area (Å²) >= 11 is 0. The van der Waals surface area contributed by atoms with Crippen molar-refractivity contribution < 1.29 is 27.9 Å². The average molecular weight is 398 g/mol. The van der Waals surface area contributed by atoms with Gasteiger partial charge in [-0.05, 0) is 37.5 Å². The molecule has 2 rings (SSSR count). The average Bonchev–Trinajstić information content (AvgIpc) is 2.66. The molecule has 1 heterocycles. The van der Waals surface area contributed by atoms with Gasteiger partial charge in [0.15, 0.2) is 0 Å². The van der Waals surface area contributed by atoms with Crippen molar-refractivity contribution >= 4 is 21.9 Å². The summed E-state index contributed by atoms with van der Waals surface area (Å²) in [4.78, 5) is 25.3. The van der Waals surface area contributed by atoms with Gasteiger partial charge in [-0.2, -0.15) is 0 Å². The first-order chi connectivity index (χ1) is 12.8. The van der Waals surface area contributed by atoms with Gasteiger partial charge in [-0.1, -0.05) is 12.1 Å². The standard InChI is InChI=1S/C18H26N2O6S/c1-3-27(24,25)19-10-8-15(9-11-19)20(13-18(22)23)17(21)12-14-4-6-16(26-2)7-5-14/h4-7,15H,3,8-13H2,1-2H3,(H,22,23). The van der Waals surface area contributed by atoms with Crippen LogP contribution in [-0.4, -0.2) is 73.1 Å². The molecule has 1 aromatic carbocycles. The predicted octanol–water partition coefficient (Wildman–Crippen LogP) is 0.965. The minimum atomic E-state index is -3.27. The smallest absolute Gasteiger partial charge is 0.323 e. The van der Waals surface area contributed by atoms with Crippen molar-refractivity contribution in [1.82, 2.24) is 9.21 Å². The summed E-state index contributed by atoms with van der Waals surface area (Å²) in [6, 6.07) is 6.75. The third-order valence-corrected chi connectivity index (χ3v) is 6.64. The topological polar surface area (TPSA) is 104 Å². The molecule has 1 aliphatic heterocycles. The molecule has 1 amide bonds. The lowest BCUT2D eigenvalue weighted by Gasteiger charge is -2.37. The van der Waals surface area contributed by atoms with Crippen LogP contribution in [0.3, 0.4) is 0 Å². The van der Waals surface area contributed by atoms with Crippen LogP contribution in [0.5, 0.6) is 5.75 Å². The van der Waals surface area contributed by atoms with Gasteiger partial charge in [0.05, 0.1) is 19.3 Å². The number of hydrogen-bond donors (Lipinski definition) is 1. The number of aliphatic carboxylic acids is 1. The summed E-state index contributed by atoms with van der Waals surface area (Å²) in [5.41, 5.74) is 0.766. The number of sulfonamides is 1. The van der Waals surface area contributed by atoms with E-state index >= 15 is 0 Å². The fourth-order valence-corrected chi connectivity index (χ4v) is 4.33. The molecule has 0 unspecified atom stereocenters. The Morgan fingerprint density at radius 3 is 2.30 bits per heavy atom. The SMILES string of the molecule is CCS(=O)(=O)N1CCC(N(CC(=O)O)C(=O)Cc2ccc(OC)cc2)CC1. The van der Waals surface area contributed by atoms with E-state index in [0.29, 0.717) is 31.7 Å². The van der Waals surface area contributed by atoms with Crippen LogP contribution in [0.4, 0.5) is 0 Å². The third kappa shape index (κ3) is 5.67. The lowest BCUT2D eigenvalue weighted by molar-refractivity contribution is -0.146. The molecule has 0 aliphatic carbocycles. The fourth-order valence-electron chi connectivity index (χ4n) is 3.20. The van der Waals surface area contributed by atoms with Crippen molar-refractivity contribution in [2.24, 2.45) is 0 Å². The molecule has 0 radical (unpaired) electrons. The molecule has 0 atom stereocenters. The molecular formula is C18H26N2O6S. The highest BCUT2D eigenvalue weighted by Gasteiger charge is 2.32. The molecule has 0 saturated carbocycles. The minimum absolute atomic E-state index is 0.0346. The normalized spacial score (nSPS) is 16.1. The fraction of sp³-hybridized carbons (Fsp3) is 0.556. The Balaban J connectivity index is 2.06. The van der Waals surface area contributed by atoms with Crippen molar-refractivity contribution in [3.63, 3.8) is 0 Å². The largest absolute Gasteiger partial charge is 0.497 e. The zero-order valence-electron chi connectivity index (χ0n) is 15.6. The van der Waals surface area contributed by atoms with Crippen molar-refractivity contribution in [3.8, 4) is 5.75 Å². The maximum atomic E-state index is 12.7. The second-order valence-electron chi connectivity index (χ2n) is 6.47. The third-order valence-electron chi connectivity index (χ3n) is 4.76. The quantitative estimate of drug-likeness (QED) is 0.700. The van der Waals surface area contributed by atoms with Crippen LogP contribution in [-0.2, 0) is 26.0 Å². The number of amides is 1. The number of carboxylic acids is 1. The second kappa shape index (κ2) is 9.18. The summed E-state index contributed by atoms with van der Waals surface area (Å²) in [5.74, 6) is -0.647. The molecule has 1 aromatic rings. The van der Waals surface area contributed by atoms with Gasteiger partial charge < -0.3 is 14.7 Å². The number of rotatable bonds is 8. The molecule has 0 bridgehead atoms. The molecule has 1 fully saturated rings. The number of carbonyl (C=O) groups excluding carboxylic acids is 1. The summed E-state index contributed by atoms with van der Waals surface area (Å²) in [6.07, 6.45) is 0.951. The number of methoxy groups -OCH3 is 1. The summed E-state index contributed by atoms with van der Waals surface area (Å²) in [6.45, 7) is 1.80. The van der Waals surface area contributed by atoms with Crippen molar-refractivity contribution in [1.29, 1.82) is 0 Å². The maximum absolute atomic E-state index is 12.7. The Kier molecular flexibility index (Phi) is 7.20. The van der Waals surface area contributed by atoms with Crippen LogP contribution in [0.1, 0.15) is 25.3 Å². The van der Waals surface area contributed by atoms with Gasteiger partial charge in [-0.3, -0.25) is 9.59 Å².